The van der Waals surface area contributed by atoms with E-state index in [9.17, 15) is 62.6 Å². The van der Waals surface area contributed by atoms with Crippen molar-refractivity contribution in [1.82, 2.24) is 50.5 Å². The van der Waals surface area contributed by atoms with Gasteiger partial charge in [-0.05, 0) is 166 Å². The smallest absolute Gasteiger partial charge is 0.410 e. The van der Waals surface area contributed by atoms with Crippen LogP contribution in [0.5, 0.6) is 0 Å². The fourth-order valence-electron chi connectivity index (χ4n) is 15.5. The number of nitrogens with two attached hydrogens (primary N) is 1. The van der Waals surface area contributed by atoms with E-state index >= 15 is 0 Å². The quantitative estimate of drug-likeness (QED) is 0.0102. The molecule has 10 rings (SSSR count). The van der Waals surface area contributed by atoms with Gasteiger partial charge in [-0.25, -0.2) is 24.4 Å². The summed E-state index contributed by atoms with van der Waals surface area (Å²) in [6.45, 7) is 11.6. The number of carbonyl (C=O) groups is 9. The van der Waals surface area contributed by atoms with Gasteiger partial charge in [0.25, 0.3) is 17.7 Å². The number of unbranched alkanes of at least 4 members (excludes halogenated alkanes) is 2. The third-order valence-electron chi connectivity index (χ3n) is 20.2. The van der Waals surface area contributed by atoms with Crippen LogP contribution in [-0.4, -0.2) is 166 Å². The molecule has 4 aromatic heterocycles. The minimum Gasteiger partial charge on any atom is -0.476 e. The fraction of sp³-hybridized carbons (Fsp3) is 0.500. The number of hydrogen-bond acceptors (Lipinski definition) is 18. The zero-order valence-corrected chi connectivity index (χ0v) is 61.7. The minimum absolute atomic E-state index is 0.0117. The third kappa shape index (κ3) is 20.5. The lowest BCUT2D eigenvalue weighted by Crippen LogP contribution is -2.55. The number of carboxylic acids is 1. The Morgan fingerprint density at radius 3 is 2.36 bits per heavy atom. The number of ether oxygens (including phenoxy) is 2. The second kappa shape index (κ2) is 34.6. The molecule has 31 heteroatoms. The molecule has 6 heterocycles. The van der Waals surface area contributed by atoms with Crippen LogP contribution in [0, 0.1) is 23.7 Å². The van der Waals surface area contributed by atoms with Gasteiger partial charge in [0.1, 0.15) is 24.5 Å². The molecule has 3 unspecified atom stereocenters. The number of fused-ring (bicyclic) bond motifs is 4. The fourth-order valence-corrected chi connectivity index (χ4v) is 16.9. The number of aromatic carboxylic acids is 1. The SMILES string of the molecule is CCCC1(C)CC2(Cn3ncc(-c4ccc(N5CCc6cccc(C(=O)Nc7nc8ncccc8s7)c6C5)nc4C(=O)O)c3C)CCCC(OCCN(CCCP(=O)(O)O)C(=O)OCc3ccc(NC(=O)[C@H](CCCNC(N)=O)NC(=O)[C@@H](NC(=O)CCCCCN4C(=O)C=CC4=O)C(C)C)cc3)(C1)C2. The van der Waals surface area contributed by atoms with Crippen molar-refractivity contribution in [3.63, 3.8) is 0 Å². The summed E-state index contributed by atoms with van der Waals surface area (Å²) >= 11 is 1.34. The van der Waals surface area contributed by atoms with Crippen LogP contribution in [0.2, 0.25) is 0 Å². The average molecular weight is 1480 g/mol. The van der Waals surface area contributed by atoms with Crippen molar-refractivity contribution < 1.29 is 72.1 Å². The number of hydrogen-bond donors (Lipinski definition) is 9. The number of aromatic nitrogens is 5. The number of nitrogens with zero attached hydrogens (tertiary/aromatic N) is 8. The molecular formula is C74H95N14O15PS. The molecule has 2 aliphatic carbocycles. The molecule has 5 atom stereocenters. The van der Waals surface area contributed by atoms with Crippen molar-refractivity contribution in [2.45, 2.75) is 175 Å². The summed E-state index contributed by atoms with van der Waals surface area (Å²) in [5, 5.41) is 30.0. The second-order valence-electron chi connectivity index (χ2n) is 28.8. The van der Waals surface area contributed by atoms with Crippen molar-refractivity contribution in [2.75, 3.05) is 61.0 Å². The number of pyridine rings is 2. The standard InChI is InChI=1S/C74H95N14O15PS/c1-6-29-72(5)43-73(46-88-48(4)54(40-78-88)52-24-25-58(81-63(52)68(95)96)86-36-28-50-15-10-16-53(55(50)41-86)65(92)84-70-83-64-57(105-70)18-12-32-76-64)30-13-31-74(44-72,45-73)103-38-37-85(34-14-39-104(99,100)101)71(98)102-42-49-20-22-51(23-21-49)79-66(93)56(17-11-33-77-69(75)97)80-67(94)62(47(2)3)82-59(89)19-8-7-9-35-87-60(90)26-27-61(87)91/h10,12,15-16,18,20-27,32,40,47,56,62H,6-9,11,13-14,17,19,28-31,33-39,41-46H2,1-5H3,(H,79,93)(H,80,94)(H,82,89)(H,95,96)(H3,75,77,97)(H2,99,100,101)(H,76,83,84,92)/t56-,62-,72?,73?,74?/m0/s1. The van der Waals surface area contributed by atoms with E-state index in [1.165, 1.54) is 28.4 Å². The van der Waals surface area contributed by atoms with Crippen LogP contribution in [-0.2, 0) is 64.1 Å². The van der Waals surface area contributed by atoms with Gasteiger partial charge in [0.2, 0.25) is 17.7 Å². The molecular weight excluding hydrogens is 1390 g/mol. The van der Waals surface area contributed by atoms with E-state index in [4.69, 9.17) is 25.3 Å². The molecule has 105 heavy (non-hydrogen) atoms. The number of carbonyl (C=O) groups excluding carboxylic acids is 8. The van der Waals surface area contributed by atoms with Gasteiger partial charge in [-0.1, -0.05) is 76.1 Å². The maximum absolute atomic E-state index is 14.1. The van der Waals surface area contributed by atoms with Crippen LogP contribution in [0.1, 0.15) is 167 Å². The number of anilines is 3. The Morgan fingerprint density at radius 1 is 0.857 bits per heavy atom. The van der Waals surface area contributed by atoms with Crippen molar-refractivity contribution in [3.8, 4) is 11.1 Å². The third-order valence-corrected chi connectivity index (χ3v) is 22.0. The Morgan fingerprint density at radius 2 is 1.64 bits per heavy atom. The van der Waals surface area contributed by atoms with Crippen LogP contribution in [0.25, 0.3) is 21.5 Å². The molecule has 29 nitrogen and oxygen atoms in total. The number of carboxylic acid groups (broad SMARTS) is 1. The predicted octanol–water partition coefficient (Wildman–Crippen LogP) is 9.39. The zero-order chi connectivity index (χ0) is 75.2. The summed E-state index contributed by atoms with van der Waals surface area (Å²) in [7, 11) is -4.42. The van der Waals surface area contributed by atoms with E-state index in [0.29, 0.717) is 96.3 Å². The number of thiazole rings is 1. The van der Waals surface area contributed by atoms with E-state index < -0.39 is 67.3 Å². The van der Waals surface area contributed by atoms with E-state index in [2.05, 4.69) is 50.4 Å². The number of amides is 9. The van der Waals surface area contributed by atoms with Crippen molar-refractivity contribution in [2.24, 2.45) is 22.5 Å². The average Bonchev–Trinajstić information content (AvgIpc) is 1.46. The normalized spacial score (nSPS) is 19.0. The molecule has 10 N–H and O–H groups in total. The summed E-state index contributed by atoms with van der Waals surface area (Å²) in [4.78, 5) is 155. The highest BCUT2D eigenvalue weighted by Crippen LogP contribution is 2.61. The number of rotatable bonds is 35. The topological polar surface area (TPSA) is 402 Å². The van der Waals surface area contributed by atoms with Gasteiger partial charge in [0, 0.05) is 98.7 Å². The maximum Gasteiger partial charge on any atom is 0.410 e. The van der Waals surface area contributed by atoms with E-state index in [1.807, 2.05) is 46.8 Å². The highest BCUT2D eigenvalue weighted by Gasteiger charge is 2.56. The summed E-state index contributed by atoms with van der Waals surface area (Å²) in [5.41, 5.74) is 9.78. The zero-order valence-electron chi connectivity index (χ0n) is 60.0. The molecule has 6 aromatic rings. The number of benzene rings is 2. The molecule has 0 radical (unpaired) electrons. The first-order valence-electron chi connectivity index (χ1n) is 35.9. The number of imide groups is 1. The largest absolute Gasteiger partial charge is 0.476 e. The molecule has 562 valence electrons. The second-order valence-corrected chi connectivity index (χ2v) is 31.6. The van der Waals surface area contributed by atoms with Gasteiger partial charge < -0.3 is 61.2 Å². The van der Waals surface area contributed by atoms with Gasteiger partial charge in [-0.15, -0.1) is 0 Å². The molecule has 2 bridgehead atoms. The molecule has 2 saturated carbocycles. The van der Waals surface area contributed by atoms with Crippen LogP contribution in [0.4, 0.5) is 26.2 Å². The van der Waals surface area contributed by atoms with Crippen molar-refractivity contribution in [3.05, 3.63) is 125 Å². The lowest BCUT2D eigenvalue weighted by Gasteiger charge is -2.58. The number of nitrogens with one attached hydrogen (secondary N) is 5. The summed E-state index contributed by atoms with van der Waals surface area (Å²) in [6, 6.07) is 16.5. The first-order chi connectivity index (χ1) is 50.1. The monoisotopic (exact) mass is 1480 g/mol. The Balaban J connectivity index is 0.756. The van der Waals surface area contributed by atoms with Gasteiger partial charge in [-0.3, -0.25) is 48.2 Å². The highest BCUT2D eigenvalue weighted by molar-refractivity contribution is 7.51. The molecule has 9 amide bonds. The summed E-state index contributed by atoms with van der Waals surface area (Å²) in [5.74, 6) is -3.75. The first-order valence-corrected chi connectivity index (χ1v) is 38.5. The van der Waals surface area contributed by atoms with Gasteiger partial charge in [0.05, 0.1) is 29.3 Å². The van der Waals surface area contributed by atoms with Gasteiger partial charge in [-0.2, -0.15) is 10.1 Å². The molecule has 2 fully saturated rings. The van der Waals surface area contributed by atoms with Gasteiger partial charge in [0.15, 0.2) is 16.5 Å². The Labute approximate surface area is 613 Å². The molecule has 0 spiro atoms. The Hall–Kier alpha value is -9.48. The Kier molecular flexibility index (Phi) is 25.8. The Bertz CT molecular complexity index is 4220. The highest BCUT2D eigenvalue weighted by atomic mass is 32.1. The first kappa shape index (κ1) is 78.1. The minimum atomic E-state index is -4.42. The van der Waals surface area contributed by atoms with E-state index in [1.54, 1.807) is 62.6 Å². The molecule has 2 aliphatic heterocycles. The molecule has 0 saturated heterocycles. The summed E-state index contributed by atoms with van der Waals surface area (Å²) in [6.07, 6.45) is 13.9. The summed E-state index contributed by atoms with van der Waals surface area (Å²) < 4.78 is 27.8. The van der Waals surface area contributed by atoms with E-state index in [0.717, 1.165) is 71.4 Å². The van der Waals surface area contributed by atoms with Crippen LogP contribution in [0.3, 0.4) is 0 Å². The van der Waals surface area contributed by atoms with Crippen LogP contribution >= 0.6 is 18.9 Å². The van der Waals surface area contributed by atoms with Crippen LogP contribution < -0.4 is 37.2 Å². The lowest BCUT2D eigenvalue weighted by molar-refractivity contribution is -0.174. The van der Waals surface area contributed by atoms with Gasteiger partial charge >= 0.3 is 25.7 Å². The predicted molar refractivity (Wildman–Crippen MR) is 394 cm³/mol. The van der Waals surface area contributed by atoms with Crippen molar-refractivity contribution in [1.29, 1.82) is 0 Å². The molecule has 2 aromatic carbocycles. The maximum atomic E-state index is 14.1. The molecule has 4 aliphatic rings. The number of urea groups is 1. The lowest BCUT2D eigenvalue weighted by atomic mass is 9.51. The number of primary amides is 1. The van der Waals surface area contributed by atoms with Crippen LogP contribution in [0.15, 0.2) is 91.3 Å². The van der Waals surface area contributed by atoms with Crippen molar-refractivity contribution >= 4 is 99.5 Å². The van der Waals surface area contributed by atoms with E-state index in [-0.39, 0.29) is 105 Å².